The number of aromatic nitrogens is 2. The molecule has 5 rings (SSSR count). The average molecular weight is 416 g/mol. The van der Waals surface area contributed by atoms with Gasteiger partial charge in [0.1, 0.15) is 11.6 Å². The lowest BCUT2D eigenvalue weighted by Gasteiger charge is -2.68. The SMILES string of the molecule is CS(=O)(=O)c1nnc(C23CC(NC(=O)COc4ccc(Cl)c(F)c4)(C2)C3)o1. The molecule has 0 aliphatic heterocycles. The van der Waals surface area contributed by atoms with E-state index in [4.69, 9.17) is 20.8 Å². The van der Waals surface area contributed by atoms with E-state index in [1.807, 2.05) is 0 Å². The highest BCUT2D eigenvalue weighted by Gasteiger charge is 2.71. The predicted octanol–water partition coefficient (Wildman–Crippen LogP) is 1.63. The van der Waals surface area contributed by atoms with Gasteiger partial charge in [-0.05, 0) is 31.4 Å². The summed E-state index contributed by atoms with van der Waals surface area (Å²) in [6.07, 6.45) is 2.77. The first-order chi connectivity index (χ1) is 12.6. The third kappa shape index (κ3) is 3.16. The molecule has 0 saturated heterocycles. The number of amides is 1. The number of hydrogen-bond donors (Lipinski definition) is 1. The first-order valence-electron chi connectivity index (χ1n) is 8.04. The Balaban J connectivity index is 1.31. The van der Waals surface area contributed by atoms with Gasteiger partial charge in [-0.1, -0.05) is 16.7 Å². The van der Waals surface area contributed by atoms with Crippen LogP contribution in [0.25, 0.3) is 0 Å². The Morgan fingerprint density at radius 3 is 2.67 bits per heavy atom. The fourth-order valence-electron chi connectivity index (χ4n) is 3.77. The van der Waals surface area contributed by atoms with Crippen molar-refractivity contribution in [3.05, 3.63) is 34.9 Å². The molecule has 0 radical (unpaired) electrons. The van der Waals surface area contributed by atoms with Crippen molar-refractivity contribution in [1.82, 2.24) is 15.5 Å². The Hall–Kier alpha value is -2.20. The second kappa shape index (κ2) is 5.90. The van der Waals surface area contributed by atoms with E-state index in [1.165, 1.54) is 12.1 Å². The van der Waals surface area contributed by atoms with Gasteiger partial charge in [-0.15, -0.1) is 5.10 Å². The van der Waals surface area contributed by atoms with E-state index in [0.717, 1.165) is 12.3 Å². The van der Waals surface area contributed by atoms with Gasteiger partial charge in [0.05, 0.1) is 10.4 Å². The van der Waals surface area contributed by atoms with Gasteiger partial charge in [-0.2, -0.15) is 0 Å². The van der Waals surface area contributed by atoms with Gasteiger partial charge in [0.2, 0.25) is 15.7 Å². The number of ether oxygens (including phenoxy) is 1. The minimum absolute atomic E-state index is 0.0222. The molecule has 27 heavy (non-hydrogen) atoms. The maximum Gasteiger partial charge on any atom is 0.335 e. The zero-order valence-electron chi connectivity index (χ0n) is 14.2. The van der Waals surface area contributed by atoms with Crippen LogP contribution in [-0.4, -0.2) is 42.9 Å². The van der Waals surface area contributed by atoms with Crippen LogP contribution in [0.2, 0.25) is 5.02 Å². The minimum Gasteiger partial charge on any atom is -0.484 e. The average Bonchev–Trinajstić information content (AvgIpc) is 3.00. The summed E-state index contributed by atoms with van der Waals surface area (Å²) in [6.45, 7) is -0.255. The molecule has 1 aromatic heterocycles. The molecule has 8 nitrogen and oxygen atoms in total. The van der Waals surface area contributed by atoms with E-state index in [9.17, 15) is 17.6 Å². The summed E-state index contributed by atoms with van der Waals surface area (Å²) in [6, 6.07) is 3.94. The Labute approximate surface area is 159 Å². The van der Waals surface area contributed by atoms with Crippen LogP contribution in [-0.2, 0) is 20.0 Å². The Morgan fingerprint density at radius 2 is 2.07 bits per heavy atom. The second-order valence-corrected chi connectivity index (χ2v) is 9.45. The number of nitrogens with zero attached hydrogens (tertiary/aromatic N) is 2. The number of sulfone groups is 1. The monoisotopic (exact) mass is 415 g/mol. The number of hydrogen-bond acceptors (Lipinski definition) is 7. The zero-order valence-corrected chi connectivity index (χ0v) is 15.7. The van der Waals surface area contributed by atoms with Gasteiger partial charge >= 0.3 is 5.22 Å². The van der Waals surface area contributed by atoms with E-state index >= 15 is 0 Å². The van der Waals surface area contributed by atoms with E-state index in [0.29, 0.717) is 19.3 Å². The maximum atomic E-state index is 13.4. The van der Waals surface area contributed by atoms with Gasteiger partial charge in [-0.3, -0.25) is 4.79 Å². The van der Waals surface area contributed by atoms with Gasteiger partial charge < -0.3 is 14.5 Å². The molecule has 3 saturated carbocycles. The topological polar surface area (TPSA) is 111 Å². The summed E-state index contributed by atoms with van der Waals surface area (Å²) in [5, 5.41) is 9.88. The van der Waals surface area contributed by atoms with Crippen molar-refractivity contribution >= 4 is 27.3 Å². The molecule has 0 atom stereocenters. The molecule has 2 aromatic rings. The summed E-state index contributed by atoms with van der Waals surface area (Å²) in [5.41, 5.74) is -0.741. The van der Waals surface area contributed by atoms with Gasteiger partial charge in [0.25, 0.3) is 5.91 Å². The molecule has 11 heteroatoms. The van der Waals surface area contributed by atoms with Crippen LogP contribution in [0.1, 0.15) is 25.2 Å². The summed E-state index contributed by atoms with van der Waals surface area (Å²) in [7, 11) is -3.54. The first kappa shape index (κ1) is 18.2. The molecule has 1 amide bonds. The Kier molecular flexibility index (Phi) is 3.97. The fourth-order valence-corrected chi connectivity index (χ4v) is 4.31. The lowest BCUT2D eigenvalue weighted by Crippen LogP contribution is -2.77. The van der Waals surface area contributed by atoms with Crippen LogP contribution < -0.4 is 10.1 Å². The minimum atomic E-state index is -3.54. The van der Waals surface area contributed by atoms with E-state index in [2.05, 4.69) is 15.5 Å². The highest BCUT2D eigenvalue weighted by Crippen LogP contribution is 2.67. The maximum absolute atomic E-state index is 13.4. The van der Waals surface area contributed by atoms with E-state index in [1.54, 1.807) is 0 Å². The largest absolute Gasteiger partial charge is 0.484 e. The molecule has 0 spiro atoms. The van der Waals surface area contributed by atoms with E-state index in [-0.39, 0.29) is 40.1 Å². The molecule has 1 heterocycles. The molecule has 0 unspecified atom stereocenters. The molecule has 1 N–H and O–H groups in total. The fraction of sp³-hybridized carbons (Fsp3) is 0.438. The van der Waals surface area contributed by atoms with Crippen molar-refractivity contribution in [1.29, 1.82) is 0 Å². The zero-order chi connectivity index (χ0) is 19.4. The summed E-state index contributed by atoms with van der Waals surface area (Å²) >= 11 is 5.59. The molecular formula is C16H15ClFN3O5S. The van der Waals surface area contributed by atoms with Crippen LogP contribution in [0.5, 0.6) is 5.75 Å². The third-order valence-electron chi connectivity index (χ3n) is 4.87. The molecule has 3 fully saturated rings. The first-order valence-corrected chi connectivity index (χ1v) is 10.3. The summed E-state index contributed by atoms with van der Waals surface area (Å²) in [5.74, 6) is -0.461. The number of nitrogens with one attached hydrogen (secondary N) is 1. The lowest BCUT2D eigenvalue weighted by atomic mass is 9.39. The molecule has 144 valence electrons. The number of carbonyl (C=O) groups is 1. The number of halogens is 2. The Morgan fingerprint density at radius 1 is 1.37 bits per heavy atom. The van der Waals surface area contributed by atoms with Gasteiger partial charge in [0, 0.05) is 17.9 Å². The number of rotatable bonds is 6. The quantitative estimate of drug-likeness (QED) is 0.763. The van der Waals surface area contributed by atoms with Crippen LogP contribution in [0.4, 0.5) is 4.39 Å². The summed E-state index contributed by atoms with van der Waals surface area (Å²) in [4.78, 5) is 12.1. The van der Waals surface area contributed by atoms with Crippen molar-refractivity contribution in [2.75, 3.05) is 12.9 Å². The van der Waals surface area contributed by atoms with Crippen LogP contribution in [0.15, 0.2) is 27.8 Å². The highest BCUT2D eigenvalue weighted by molar-refractivity contribution is 7.90. The molecule has 2 bridgehead atoms. The molecule has 1 aromatic carbocycles. The third-order valence-corrected chi connectivity index (χ3v) is 5.98. The molecule has 3 aliphatic carbocycles. The number of carbonyl (C=O) groups excluding carboxylic acids is 1. The smallest absolute Gasteiger partial charge is 0.335 e. The highest BCUT2D eigenvalue weighted by atomic mass is 35.5. The number of benzene rings is 1. The van der Waals surface area contributed by atoms with E-state index < -0.39 is 20.9 Å². The van der Waals surface area contributed by atoms with Crippen molar-refractivity contribution in [2.45, 2.75) is 35.4 Å². The molecule has 3 aliphatic rings. The van der Waals surface area contributed by atoms with Crippen molar-refractivity contribution < 1.29 is 26.8 Å². The van der Waals surface area contributed by atoms with Crippen LogP contribution >= 0.6 is 11.6 Å². The van der Waals surface area contributed by atoms with Crippen LogP contribution in [0.3, 0.4) is 0 Å². The summed E-state index contributed by atoms with van der Waals surface area (Å²) < 4.78 is 46.8. The standard InChI is InChI=1S/C16H15ClFN3O5S/c1-27(23,24)14-21-20-13(26-14)15-6-16(7-15,8-15)19-12(22)5-25-9-2-3-10(17)11(18)4-9/h2-4H,5-8H2,1H3,(H,19,22). The van der Waals surface area contributed by atoms with Crippen molar-refractivity contribution in [2.24, 2.45) is 0 Å². The van der Waals surface area contributed by atoms with Crippen molar-refractivity contribution in [3.8, 4) is 5.75 Å². The second-order valence-electron chi connectivity index (χ2n) is 7.15. The van der Waals surface area contributed by atoms with Crippen LogP contribution in [0, 0.1) is 5.82 Å². The van der Waals surface area contributed by atoms with Gasteiger partial charge in [-0.25, -0.2) is 12.8 Å². The molecular weight excluding hydrogens is 401 g/mol. The van der Waals surface area contributed by atoms with Gasteiger partial charge in [0.15, 0.2) is 6.61 Å². The predicted molar refractivity (Wildman–Crippen MR) is 90.7 cm³/mol. The lowest BCUT2D eigenvalue weighted by molar-refractivity contribution is -0.143. The Bertz CT molecular complexity index is 1020. The van der Waals surface area contributed by atoms with Crippen molar-refractivity contribution in [3.63, 3.8) is 0 Å². The normalized spacial score (nSPS) is 26.0.